The van der Waals surface area contributed by atoms with Crippen LogP contribution >= 0.6 is 0 Å². The van der Waals surface area contributed by atoms with E-state index in [2.05, 4.69) is 11.2 Å². The zero-order valence-corrected chi connectivity index (χ0v) is 15.9. The first kappa shape index (κ1) is 16.4. The number of ether oxygens (including phenoxy) is 2. The van der Waals surface area contributed by atoms with Gasteiger partial charge >= 0.3 is 0 Å². The largest absolute Gasteiger partial charge is 0.491 e. The van der Waals surface area contributed by atoms with Crippen molar-refractivity contribution >= 4 is 11.8 Å². The fourth-order valence-corrected chi connectivity index (χ4v) is 5.45. The minimum absolute atomic E-state index is 0.125. The number of carbonyl (C=O) groups is 1. The Morgan fingerprint density at radius 3 is 2.89 bits per heavy atom. The average Bonchev–Trinajstić information content (AvgIpc) is 3.18. The topological polar surface area (TPSA) is 68.0 Å². The summed E-state index contributed by atoms with van der Waals surface area (Å²) >= 11 is 0. The molecule has 1 amide bonds. The Labute approximate surface area is 163 Å². The Morgan fingerprint density at radius 2 is 2.04 bits per heavy atom. The highest BCUT2D eigenvalue weighted by molar-refractivity contribution is 5.86. The van der Waals surface area contributed by atoms with Crippen LogP contribution in [0.3, 0.4) is 0 Å². The molecule has 0 radical (unpaired) electrons. The van der Waals surface area contributed by atoms with Crippen LogP contribution < -0.4 is 9.75 Å². The number of anilines is 1. The van der Waals surface area contributed by atoms with E-state index in [0.29, 0.717) is 31.4 Å². The highest BCUT2D eigenvalue weighted by Crippen LogP contribution is 2.56. The van der Waals surface area contributed by atoms with E-state index in [0.717, 1.165) is 48.6 Å². The lowest BCUT2D eigenvalue weighted by Crippen LogP contribution is -2.76. The molecule has 1 aromatic heterocycles. The Morgan fingerprint density at radius 1 is 1.21 bits per heavy atom. The normalized spacial score (nSPS) is 29.0. The van der Waals surface area contributed by atoms with Gasteiger partial charge in [-0.2, -0.15) is 0 Å². The third kappa shape index (κ3) is 2.02. The molecule has 0 N–H and O–H groups in total. The number of nitrogens with zero attached hydrogens (tertiary/aromatic N) is 3. The molecule has 4 aliphatic heterocycles. The summed E-state index contributed by atoms with van der Waals surface area (Å²) in [5.41, 5.74) is 2.88. The minimum atomic E-state index is -0.302. The van der Waals surface area contributed by atoms with Crippen molar-refractivity contribution in [2.24, 2.45) is 0 Å². The lowest BCUT2D eigenvalue weighted by molar-refractivity contribution is -0.141. The van der Waals surface area contributed by atoms with Gasteiger partial charge in [0.05, 0.1) is 12.2 Å². The summed E-state index contributed by atoms with van der Waals surface area (Å²) < 4.78 is 17.3. The van der Waals surface area contributed by atoms with Crippen molar-refractivity contribution in [2.75, 3.05) is 31.4 Å². The van der Waals surface area contributed by atoms with Crippen LogP contribution in [0, 0.1) is 6.92 Å². The van der Waals surface area contributed by atoms with Crippen molar-refractivity contribution in [3.8, 4) is 5.75 Å². The van der Waals surface area contributed by atoms with E-state index in [1.807, 2.05) is 35.1 Å². The Bertz CT molecular complexity index is 951. The van der Waals surface area contributed by atoms with Crippen molar-refractivity contribution < 1.29 is 18.8 Å². The Hall–Kier alpha value is -2.54. The Balaban J connectivity index is 1.32. The zero-order valence-electron chi connectivity index (χ0n) is 15.9. The molecule has 0 bridgehead atoms. The molecule has 1 spiro atoms. The number of fused-ring (bicyclic) bond motifs is 2. The van der Waals surface area contributed by atoms with Crippen molar-refractivity contribution in [3.63, 3.8) is 0 Å². The van der Waals surface area contributed by atoms with Crippen LogP contribution in [0.2, 0.25) is 0 Å². The van der Waals surface area contributed by atoms with E-state index in [-0.39, 0.29) is 17.4 Å². The van der Waals surface area contributed by atoms with E-state index >= 15 is 0 Å². The maximum absolute atomic E-state index is 13.0. The molecule has 5 heterocycles. The molecule has 6 rings (SSSR count). The lowest BCUT2D eigenvalue weighted by Gasteiger charge is -2.58. The fraction of sp³-hybridized carbons (Fsp3) is 0.524. The Kier molecular flexibility index (Phi) is 3.36. The second kappa shape index (κ2) is 5.73. The average molecular weight is 381 g/mol. The number of benzene rings is 1. The third-order valence-electron chi connectivity index (χ3n) is 6.90. The van der Waals surface area contributed by atoms with Gasteiger partial charge < -0.3 is 14.0 Å². The van der Waals surface area contributed by atoms with Crippen LogP contribution in [-0.4, -0.2) is 48.0 Å². The van der Waals surface area contributed by atoms with E-state index in [4.69, 9.17) is 14.0 Å². The van der Waals surface area contributed by atoms with E-state index in [1.165, 1.54) is 0 Å². The molecule has 2 unspecified atom stereocenters. The number of carbonyl (C=O) groups excluding carboxylic acids is 1. The maximum atomic E-state index is 13.0. The molecule has 7 nitrogen and oxygen atoms in total. The van der Waals surface area contributed by atoms with E-state index in [9.17, 15) is 4.79 Å². The predicted octanol–water partition coefficient (Wildman–Crippen LogP) is 2.76. The summed E-state index contributed by atoms with van der Waals surface area (Å²) in [5.74, 6) is 2.26. The number of rotatable bonds is 2. The van der Waals surface area contributed by atoms with Crippen molar-refractivity contribution in [3.05, 3.63) is 41.1 Å². The van der Waals surface area contributed by atoms with Crippen molar-refractivity contribution in [2.45, 2.75) is 43.6 Å². The maximum Gasteiger partial charge on any atom is 0.249 e. The molecule has 3 fully saturated rings. The molecule has 1 aromatic carbocycles. The molecule has 0 aliphatic carbocycles. The molecule has 28 heavy (non-hydrogen) atoms. The number of hydrazine groups is 1. The third-order valence-corrected chi connectivity index (χ3v) is 6.90. The first-order chi connectivity index (χ1) is 13.7. The summed E-state index contributed by atoms with van der Waals surface area (Å²) in [5, 5.41) is 8.21. The molecule has 146 valence electrons. The first-order valence-electron chi connectivity index (χ1n) is 10.1. The monoisotopic (exact) mass is 381 g/mol. The molecular weight excluding hydrogens is 358 g/mol. The second-order valence-electron chi connectivity index (χ2n) is 8.33. The number of para-hydroxylation sites is 1. The second-order valence-corrected chi connectivity index (χ2v) is 8.33. The van der Waals surface area contributed by atoms with Gasteiger partial charge in [0, 0.05) is 42.6 Å². The van der Waals surface area contributed by atoms with E-state index in [1.54, 1.807) is 0 Å². The molecule has 2 atom stereocenters. The summed E-state index contributed by atoms with van der Waals surface area (Å²) in [4.78, 5) is 13.0. The van der Waals surface area contributed by atoms with Gasteiger partial charge in [-0.1, -0.05) is 23.4 Å². The van der Waals surface area contributed by atoms with Crippen LogP contribution in [0.1, 0.15) is 47.9 Å². The number of hydrogen-bond donors (Lipinski definition) is 0. The minimum Gasteiger partial charge on any atom is -0.491 e. The number of hydrogen-bond acceptors (Lipinski definition) is 6. The molecular formula is C21H23N3O4. The summed E-state index contributed by atoms with van der Waals surface area (Å²) in [6, 6.07) is 8.08. The molecule has 2 aromatic rings. The van der Waals surface area contributed by atoms with E-state index < -0.39 is 0 Å². The molecule has 3 saturated heterocycles. The fourth-order valence-electron chi connectivity index (χ4n) is 5.45. The van der Waals surface area contributed by atoms with Crippen LogP contribution in [0.15, 0.2) is 28.8 Å². The standard InChI is InChI=1S/C21H23N3O4/c1-13-19(14-6-8-26-9-7-14)22-28-20(13)23-11-21-12-27-17-5-3-2-4-15(17)16(21)10-18(25)24(21)23/h2-5,14,16H,6-12H2,1H3. The van der Waals surface area contributed by atoms with Gasteiger partial charge in [-0.15, -0.1) is 0 Å². The summed E-state index contributed by atoms with van der Waals surface area (Å²) in [6.45, 7) is 4.81. The van der Waals surface area contributed by atoms with Gasteiger partial charge in [-0.3, -0.25) is 4.79 Å². The van der Waals surface area contributed by atoms with Gasteiger partial charge in [0.2, 0.25) is 11.8 Å². The number of amides is 1. The molecule has 0 saturated carbocycles. The zero-order chi connectivity index (χ0) is 18.9. The van der Waals surface area contributed by atoms with Crippen molar-refractivity contribution in [1.29, 1.82) is 0 Å². The predicted molar refractivity (Wildman–Crippen MR) is 100 cm³/mol. The van der Waals surface area contributed by atoms with Crippen LogP contribution in [0.25, 0.3) is 0 Å². The SMILES string of the molecule is Cc1c(C2CCOCC2)noc1N1CC23COc4ccccc4C2CC(=O)N13. The highest BCUT2D eigenvalue weighted by Gasteiger charge is 2.66. The molecule has 7 heteroatoms. The molecule has 4 aliphatic rings. The van der Waals surface area contributed by atoms with Crippen LogP contribution in [-0.2, 0) is 9.53 Å². The summed E-state index contributed by atoms with van der Waals surface area (Å²) in [7, 11) is 0. The van der Waals surface area contributed by atoms with Gasteiger partial charge in [0.25, 0.3) is 0 Å². The number of aromatic nitrogens is 1. The van der Waals surface area contributed by atoms with Crippen molar-refractivity contribution in [1.82, 2.24) is 10.2 Å². The van der Waals surface area contributed by atoms with Gasteiger partial charge in [0.1, 0.15) is 17.9 Å². The van der Waals surface area contributed by atoms with Crippen LogP contribution in [0.5, 0.6) is 5.75 Å². The quantitative estimate of drug-likeness (QED) is 0.797. The van der Waals surface area contributed by atoms with Gasteiger partial charge in [-0.25, -0.2) is 10.0 Å². The van der Waals surface area contributed by atoms with Gasteiger partial charge in [-0.05, 0) is 25.8 Å². The first-order valence-corrected chi connectivity index (χ1v) is 10.1. The lowest BCUT2D eigenvalue weighted by atomic mass is 9.76. The van der Waals surface area contributed by atoms with Crippen LogP contribution in [0.4, 0.5) is 5.88 Å². The summed E-state index contributed by atoms with van der Waals surface area (Å²) in [6.07, 6.45) is 2.44. The smallest absolute Gasteiger partial charge is 0.249 e. The van der Waals surface area contributed by atoms with Gasteiger partial charge in [0.15, 0.2) is 0 Å². The highest BCUT2D eigenvalue weighted by atomic mass is 16.5.